The van der Waals surface area contributed by atoms with E-state index in [2.05, 4.69) is 6.92 Å². The minimum atomic E-state index is -0.776. The summed E-state index contributed by atoms with van der Waals surface area (Å²) in [5.41, 5.74) is 0. The van der Waals surface area contributed by atoms with Crippen molar-refractivity contribution in [3.63, 3.8) is 0 Å². The lowest BCUT2D eigenvalue weighted by molar-refractivity contribution is -0.108. The summed E-state index contributed by atoms with van der Waals surface area (Å²) in [4.78, 5) is 0. The highest BCUT2D eigenvalue weighted by Crippen LogP contribution is 2.27. The molecule has 2 N–H and O–H groups in total. The molecule has 0 heterocycles. The number of hydrogen-bond acceptors (Lipinski definition) is 4. The number of ether oxygens (including phenoxy) is 2. The van der Waals surface area contributed by atoms with Gasteiger partial charge in [-0.3, -0.25) is 0 Å². The molecule has 0 radical (unpaired) electrons. The quantitative estimate of drug-likeness (QED) is 0.708. The first-order valence-electron chi connectivity index (χ1n) is 5.60. The zero-order valence-corrected chi connectivity index (χ0v) is 9.56. The van der Waals surface area contributed by atoms with Crippen LogP contribution >= 0.6 is 0 Å². The lowest BCUT2D eigenvalue weighted by Gasteiger charge is -2.34. The number of methoxy groups -OCH3 is 1. The third-order valence-electron chi connectivity index (χ3n) is 3.01. The molecule has 0 amide bonds. The van der Waals surface area contributed by atoms with Crippen LogP contribution in [0.2, 0.25) is 0 Å². The molecule has 0 aromatic carbocycles. The van der Waals surface area contributed by atoms with Gasteiger partial charge in [-0.25, -0.2) is 0 Å². The van der Waals surface area contributed by atoms with Gasteiger partial charge in [-0.1, -0.05) is 6.92 Å². The van der Waals surface area contributed by atoms with Crippen molar-refractivity contribution in [1.29, 1.82) is 0 Å². The average Bonchev–Trinajstić information content (AvgIpc) is 2.26. The van der Waals surface area contributed by atoms with Crippen molar-refractivity contribution in [2.45, 2.75) is 44.5 Å². The van der Waals surface area contributed by atoms with Gasteiger partial charge in [0.05, 0.1) is 25.4 Å². The van der Waals surface area contributed by atoms with Crippen LogP contribution in [0, 0.1) is 5.92 Å². The van der Waals surface area contributed by atoms with Gasteiger partial charge in [0, 0.05) is 7.11 Å². The van der Waals surface area contributed by atoms with E-state index in [9.17, 15) is 5.11 Å². The van der Waals surface area contributed by atoms with Gasteiger partial charge in [0.15, 0.2) is 0 Å². The summed E-state index contributed by atoms with van der Waals surface area (Å²) >= 11 is 0. The molecule has 0 aromatic heterocycles. The molecule has 1 aliphatic rings. The molecule has 1 rings (SSSR count). The second-order valence-corrected chi connectivity index (χ2v) is 4.40. The summed E-state index contributed by atoms with van der Waals surface area (Å²) in [7, 11) is 1.70. The van der Waals surface area contributed by atoms with Gasteiger partial charge in [-0.15, -0.1) is 0 Å². The molecular formula is C11H22O4. The van der Waals surface area contributed by atoms with Crippen LogP contribution in [0.15, 0.2) is 0 Å². The zero-order chi connectivity index (χ0) is 11.3. The second kappa shape index (κ2) is 6.43. The van der Waals surface area contributed by atoms with Crippen molar-refractivity contribution in [1.82, 2.24) is 0 Å². The monoisotopic (exact) mass is 218 g/mol. The molecule has 0 saturated heterocycles. The van der Waals surface area contributed by atoms with Gasteiger partial charge in [-0.2, -0.15) is 0 Å². The maximum absolute atomic E-state index is 9.18. The van der Waals surface area contributed by atoms with E-state index in [0.29, 0.717) is 5.92 Å². The summed E-state index contributed by atoms with van der Waals surface area (Å²) < 4.78 is 10.9. The van der Waals surface area contributed by atoms with Gasteiger partial charge < -0.3 is 19.7 Å². The van der Waals surface area contributed by atoms with E-state index in [4.69, 9.17) is 14.6 Å². The molecule has 90 valence electrons. The molecule has 4 unspecified atom stereocenters. The van der Waals surface area contributed by atoms with Crippen molar-refractivity contribution >= 4 is 0 Å². The highest BCUT2D eigenvalue weighted by Gasteiger charge is 2.29. The van der Waals surface area contributed by atoms with Crippen LogP contribution < -0.4 is 0 Å². The predicted molar refractivity (Wildman–Crippen MR) is 56.6 cm³/mol. The van der Waals surface area contributed by atoms with Crippen LogP contribution in [-0.2, 0) is 9.47 Å². The number of aliphatic hydroxyl groups excluding tert-OH is 2. The molecule has 0 spiro atoms. The van der Waals surface area contributed by atoms with E-state index in [1.165, 1.54) is 0 Å². The summed E-state index contributed by atoms with van der Waals surface area (Å²) in [6.45, 7) is 2.15. The fourth-order valence-electron chi connectivity index (χ4n) is 2.03. The van der Waals surface area contributed by atoms with E-state index < -0.39 is 6.10 Å². The molecule has 0 bridgehead atoms. The molecule has 15 heavy (non-hydrogen) atoms. The fraction of sp³-hybridized carbons (Fsp3) is 1.00. The number of rotatable bonds is 5. The Hall–Kier alpha value is -0.160. The van der Waals surface area contributed by atoms with Crippen molar-refractivity contribution in [3.05, 3.63) is 0 Å². The third kappa shape index (κ3) is 4.07. The van der Waals surface area contributed by atoms with Crippen molar-refractivity contribution < 1.29 is 19.7 Å². The van der Waals surface area contributed by atoms with Gasteiger partial charge in [0.1, 0.15) is 6.10 Å². The maximum atomic E-state index is 9.18. The van der Waals surface area contributed by atoms with Crippen LogP contribution in [0.25, 0.3) is 0 Å². The Morgan fingerprint density at radius 1 is 1.33 bits per heavy atom. The van der Waals surface area contributed by atoms with Crippen molar-refractivity contribution in [2.75, 3.05) is 20.3 Å². The lowest BCUT2D eigenvalue weighted by atomic mass is 9.86. The Morgan fingerprint density at radius 2 is 2.07 bits per heavy atom. The first-order chi connectivity index (χ1) is 7.17. The number of hydrogen-bond donors (Lipinski definition) is 2. The van der Waals surface area contributed by atoms with Crippen LogP contribution in [-0.4, -0.2) is 48.8 Å². The van der Waals surface area contributed by atoms with Crippen molar-refractivity contribution in [2.24, 2.45) is 5.92 Å². The topological polar surface area (TPSA) is 58.9 Å². The Labute approximate surface area is 91.2 Å². The van der Waals surface area contributed by atoms with E-state index in [-0.39, 0.29) is 25.4 Å². The van der Waals surface area contributed by atoms with Gasteiger partial charge >= 0.3 is 0 Å². The highest BCUT2D eigenvalue weighted by molar-refractivity contribution is 4.80. The van der Waals surface area contributed by atoms with Gasteiger partial charge in [0.25, 0.3) is 0 Å². The summed E-state index contributed by atoms with van der Waals surface area (Å²) in [6.07, 6.45) is 2.53. The zero-order valence-electron chi connectivity index (χ0n) is 9.56. The van der Waals surface area contributed by atoms with Crippen LogP contribution in [0.3, 0.4) is 0 Å². The van der Waals surface area contributed by atoms with E-state index in [1.807, 2.05) is 0 Å². The largest absolute Gasteiger partial charge is 0.394 e. The lowest BCUT2D eigenvalue weighted by Crippen LogP contribution is -2.38. The molecule has 4 atom stereocenters. The van der Waals surface area contributed by atoms with E-state index >= 15 is 0 Å². The Balaban J connectivity index is 2.32. The molecule has 0 aliphatic heterocycles. The average molecular weight is 218 g/mol. The predicted octanol–water partition coefficient (Wildman–Crippen LogP) is 0.560. The Morgan fingerprint density at radius 3 is 2.67 bits per heavy atom. The van der Waals surface area contributed by atoms with E-state index in [1.54, 1.807) is 7.11 Å². The summed E-state index contributed by atoms with van der Waals surface area (Å²) in [5, 5.41) is 17.9. The van der Waals surface area contributed by atoms with Gasteiger partial charge in [0.2, 0.25) is 0 Å². The maximum Gasteiger partial charge on any atom is 0.100 e. The van der Waals surface area contributed by atoms with Crippen LogP contribution in [0.1, 0.15) is 26.2 Å². The molecule has 1 aliphatic carbocycles. The minimum Gasteiger partial charge on any atom is -0.394 e. The fourth-order valence-corrected chi connectivity index (χ4v) is 2.03. The third-order valence-corrected chi connectivity index (χ3v) is 3.01. The molecule has 1 saturated carbocycles. The molecular weight excluding hydrogens is 196 g/mol. The molecule has 4 heteroatoms. The minimum absolute atomic E-state index is 0.0624. The first-order valence-corrected chi connectivity index (χ1v) is 5.60. The smallest absolute Gasteiger partial charge is 0.100 e. The van der Waals surface area contributed by atoms with Crippen molar-refractivity contribution in [3.8, 4) is 0 Å². The SMILES string of the molecule is COC1CC(C)CCC1OCC(O)CO. The number of aliphatic hydroxyl groups is 2. The summed E-state index contributed by atoms with van der Waals surface area (Å²) in [6, 6.07) is 0. The standard InChI is InChI=1S/C11H22O4/c1-8-3-4-10(11(5-8)14-2)15-7-9(13)6-12/h8-13H,3-7H2,1-2H3. The van der Waals surface area contributed by atoms with E-state index in [0.717, 1.165) is 19.3 Å². The highest BCUT2D eigenvalue weighted by atomic mass is 16.5. The first kappa shape index (κ1) is 12.9. The summed E-state index contributed by atoms with van der Waals surface area (Å²) in [5.74, 6) is 0.678. The Kier molecular flexibility index (Phi) is 5.53. The molecule has 1 fully saturated rings. The van der Waals surface area contributed by atoms with Gasteiger partial charge in [-0.05, 0) is 25.2 Å². The normalized spacial score (nSPS) is 34.0. The van der Waals surface area contributed by atoms with Crippen LogP contribution in [0.4, 0.5) is 0 Å². The second-order valence-electron chi connectivity index (χ2n) is 4.40. The molecule has 4 nitrogen and oxygen atoms in total. The van der Waals surface area contributed by atoms with Crippen LogP contribution in [0.5, 0.6) is 0 Å². The Bertz CT molecular complexity index is 174. The molecule has 0 aromatic rings.